The van der Waals surface area contributed by atoms with Crippen LogP contribution in [0.25, 0.3) is 0 Å². The van der Waals surface area contributed by atoms with Crippen molar-refractivity contribution >= 4 is 23.3 Å². The Morgan fingerprint density at radius 1 is 1.55 bits per heavy atom. The monoisotopic (exact) mass is 296 g/mol. The van der Waals surface area contributed by atoms with Crippen LogP contribution < -0.4 is 5.32 Å². The van der Waals surface area contributed by atoms with Crippen LogP contribution in [0.5, 0.6) is 0 Å². The van der Waals surface area contributed by atoms with Crippen LogP contribution in [0.3, 0.4) is 0 Å². The fraction of sp³-hybridized carbons (Fsp3) is 0.571. The third kappa shape index (κ3) is 2.80. The third-order valence-electron chi connectivity index (χ3n) is 3.80. The average Bonchev–Trinajstić information content (AvgIpc) is 2.85. The maximum Gasteiger partial charge on any atom is 0.317 e. The minimum atomic E-state index is -0.956. The van der Waals surface area contributed by atoms with Crippen molar-refractivity contribution in [1.29, 1.82) is 0 Å². The lowest BCUT2D eigenvalue weighted by Crippen LogP contribution is -2.48. The van der Waals surface area contributed by atoms with Crippen LogP contribution in [0.1, 0.15) is 37.3 Å². The molecular formula is C14H20N2O3S. The summed E-state index contributed by atoms with van der Waals surface area (Å²) in [6.07, 6.45) is 0.868. The number of aliphatic carboxylic acids is 1. The Bertz CT molecular complexity index is 524. The summed E-state index contributed by atoms with van der Waals surface area (Å²) < 4.78 is 0. The van der Waals surface area contributed by atoms with Crippen molar-refractivity contribution in [1.82, 2.24) is 10.2 Å². The highest BCUT2D eigenvalue weighted by atomic mass is 32.1. The molecule has 6 heteroatoms. The van der Waals surface area contributed by atoms with Crippen molar-refractivity contribution in [3.8, 4) is 0 Å². The molecular weight excluding hydrogens is 276 g/mol. The maximum absolute atomic E-state index is 12.2. The third-order valence-corrected chi connectivity index (χ3v) is 4.80. The van der Waals surface area contributed by atoms with E-state index in [1.54, 1.807) is 30.1 Å². The molecule has 110 valence electrons. The Labute approximate surface area is 122 Å². The molecule has 2 N–H and O–H groups in total. The molecule has 2 amide bonds. The van der Waals surface area contributed by atoms with Gasteiger partial charge in [0.15, 0.2) is 0 Å². The van der Waals surface area contributed by atoms with Gasteiger partial charge in [0.25, 0.3) is 0 Å². The first kappa shape index (κ1) is 14.8. The number of carbonyl (C=O) groups excluding carboxylic acids is 1. The summed E-state index contributed by atoms with van der Waals surface area (Å²) in [5.41, 5.74) is 0.247. The van der Waals surface area contributed by atoms with E-state index in [-0.39, 0.29) is 18.6 Å². The zero-order chi connectivity index (χ0) is 14.9. The summed E-state index contributed by atoms with van der Waals surface area (Å²) in [5.74, 6) is -0.912. The van der Waals surface area contributed by atoms with Gasteiger partial charge in [-0.3, -0.25) is 4.79 Å². The van der Waals surface area contributed by atoms with E-state index in [0.29, 0.717) is 6.54 Å². The molecule has 0 fully saturated rings. The van der Waals surface area contributed by atoms with Crippen LogP contribution >= 0.6 is 11.3 Å². The van der Waals surface area contributed by atoms with Crippen LogP contribution in [0.2, 0.25) is 0 Å². The molecule has 0 saturated carbocycles. The lowest BCUT2D eigenvalue weighted by molar-refractivity contribution is -0.146. The number of rotatable bonds is 3. The van der Waals surface area contributed by atoms with Gasteiger partial charge < -0.3 is 15.3 Å². The van der Waals surface area contributed by atoms with E-state index in [0.717, 1.165) is 6.42 Å². The highest BCUT2D eigenvalue weighted by Crippen LogP contribution is 2.32. The van der Waals surface area contributed by atoms with Gasteiger partial charge in [0, 0.05) is 18.0 Å². The zero-order valence-corrected chi connectivity index (χ0v) is 12.8. The van der Waals surface area contributed by atoms with E-state index in [4.69, 9.17) is 5.11 Å². The first-order valence-corrected chi connectivity index (χ1v) is 7.55. The van der Waals surface area contributed by atoms with E-state index < -0.39 is 11.4 Å². The summed E-state index contributed by atoms with van der Waals surface area (Å²) in [6, 6.07) is 1.91. The van der Waals surface area contributed by atoms with Crippen LogP contribution in [0.4, 0.5) is 4.79 Å². The van der Waals surface area contributed by atoms with Gasteiger partial charge in [0.2, 0.25) is 0 Å². The topological polar surface area (TPSA) is 69.6 Å². The van der Waals surface area contributed by atoms with Gasteiger partial charge in [-0.2, -0.15) is 0 Å². The molecule has 1 aromatic rings. The number of hydrogen-bond acceptors (Lipinski definition) is 3. The van der Waals surface area contributed by atoms with Gasteiger partial charge in [-0.25, -0.2) is 4.79 Å². The van der Waals surface area contributed by atoms with Gasteiger partial charge in [0.1, 0.15) is 0 Å². The minimum absolute atomic E-state index is 0.0398. The van der Waals surface area contributed by atoms with Gasteiger partial charge in [-0.05, 0) is 44.2 Å². The molecule has 1 aliphatic heterocycles. The number of fused-ring (bicyclic) bond motifs is 1. The molecule has 5 nitrogen and oxygen atoms in total. The molecule has 1 unspecified atom stereocenters. The van der Waals surface area contributed by atoms with Crippen molar-refractivity contribution in [3.05, 3.63) is 21.9 Å². The Kier molecular flexibility index (Phi) is 4.04. The summed E-state index contributed by atoms with van der Waals surface area (Å²) >= 11 is 1.73. The molecule has 0 spiro atoms. The van der Waals surface area contributed by atoms with Crippen molar-refractivity contribution in [2.75, 3.05) is 13.1 Å². The molecule has 0 aliphatic carbocycles. The number of nitrogens with zero attached hydrogens (tertiary/aromatic N) is 1. The number of carboxylic acid groups (broad SMARTS) is 1. The second kappa shape index (κ2) is 5.44. The Hall–Kier alpha value is -1.56. The molecule has 0 aromatic carbocycles. The Balaban J connectivity index is 1.99. The molecule has 1 aromatic heterocycles. The average molecular weight is 296 g/mol. The van der Waals surface area contributed by atoms with E-state index in [9.17, 15) is 9.59 Å². The fourth-order valence-corrected chi connectivity index (χ4v) is 3.22. The molecule has 1 aliphatic rings. The predicted octanol–water partition coefficient (Wildman–Crippen LogP) is 2.49. The summed E-state index contributed by atoms with van der Waals surface area (Å²) in [7, 11) is 0. The summed E-state index contributed by atoms with van der Waals surface area (Å²) in [6.45, 7) is 6.01. The molecule has 20 heavy (non-hydrogen) atoms. The molecule has 0 radical (unpaired) electrons. The number of carbonyl (C=O) groups is 2. The van der Waals surface area contributed by atoms with Crippen molar-refractivity contribution in [2.45, 2.75) is 33.2 Å². The van der Waals surface area contributed by atoms with Crippen molar-refractivity contribution in [3.63, 3.8) is 0 Å². The van der Waals surface area contributed by atoms with Gasteiger partial charge in [0.05, 0.1) is 11.5 Å². The Morgan fingerprint density at radius 3 is 2.90 bits per heavy atom. The lowest BCUT2D eigenvalue weighted by atomic mass is 9.94. The zero-order valence-electron chi connectivity index (χ0n) is 12.0. The Morgan fingerprint density at radius 2 is 2.25 bits per heavy atom. The molecule has 0 bridgehead atoms. The second-order valence-corrected chi connectivity index (χ2v) is 6.77. The first-order valence-electron chi connectivity index (χ1n) is 6.67. The standard InChI is InChI=1S/C14H20N2O3S/c1-9-10-5-7-20-11(10)4-6-16(9)13(19)15-8-14(2,3)12(17)18/h5,7,9H,4,6,8H2,1-3H3,(H,15,19)(H,17,18). The number of amides is 2. The fourth-order valence-electron chi connectivity index (χ4n) is 2.26. The van der Waals surface area contributed by atoms with Crippen molar-refractivity contribution in [2.24, 2.45) is 5.41 Å². The summed E-state index contributed by atoms with van der Waals surface area (Å²) in [4.78, 5) is 26.4. The number of nitrogens with one attached hydrogen (secondary N) is 1. The normalized spacial score (nSPS) is 18.6. The molecule has 2 rings (SSSR count). The minimum Gasteiger partial charge on any atom is -0.481 e. The smallest absolute Gasteiger partial charge is 0.317 e. The number of thiophene rings is 1. The molecule has 1 atom stereocenters. The van der Waals surface area contributed by atoms with E-state index in [1.165, 1.54) is 10.4 Å². The van der Waals surface area contributed by atoms with Crippen LogP contribution in [-0.4, -0.2) is 35.1 Å². The SMILES string of the molecule is CC1c2ccsc2CCN1C(=O)NCC(C)(C)C(=O)O. The lowest BCUT2D eigenvalue weighted by Gasteiger charge is -2.34. The van der Waals surface area contributed by atoms with E-state index in [2.05, 4.69) is 16.8 Å². The highest BCUT2D eigenvalue weighted by Gasteiger charge is 2.31. The molecule has 2 heterocycles. The van der Waals surface area contributed by atoms with E-state index >= 15 is 0 Å². The highest BCUT2D eigenvalue weighted by molar-refractivity contribution is 7.10. The molecule has 0 saturated heterocycles. The van der Waals surface area contributed by atoms with E-state index in [1.807, 2.05) is 6.92 Å². The number of urea groups is 1. The number of carboxylic acids is 1. The van der Waals surface area contributed by atoms with Crippen LogP contribution in [0, 0.1) is 5.41 Å². The van der Waals surface area contributed by atoms with Crippen LogP contribution in [0.15, 0.2) is 11.4 Å². The predicted molar refractivity (Wildman–Crippen MR) is 78.0 cm³/mol. The van der Waals surface area contributed by atoms with Crippen molar-refractivity contribution < 1.29 is 14.7 Å². The largest absolute Gasteiger partial charge is 0.481 e. The van der Waals surface area contributed by atoms with Gasteiger partial charge >= 0.3 is 12.0 Å². The van der Waals surface area contributed by atoms with Gasteiger partial charge in [-0.15, -0.1) is 11.3 Å². The quantitative estimate of drug-likeness (QED) is 0.900. The second-order valence-electron chi connectivity index (χ2n) is 5.77. The summed E-state index contributed by atoms with van der Waals surface area (Å²) in [5, 5.41) is 13.8. The van der Waals surface area contributed by atoms with Crippen LogP contribution in [-0.2, 0) is 11.2 Å². The van der Waals surface area contributed by atoms with Gasteiger partial charge in [-0.1, -0.05) is 0 Å². The number of hydrogen-bond donors (Lipinski definition) is 2. The first-order chi connectivity index (χ1) is 9.33. The maximum atomic E-state index is 12.2.